The number of nitrogens with zero attached hydrogens (tertiary/aromatic N) is 4. The number of ether oxygens (including phenoxy) is 1. The minimum atomic E-state index is -0.168. The molecule has 1 aromatic carbocycles. The van der Waals surface area contributed by atoms with Crippen molar-refractivity contribution in [3.05, 3.63) is 42.6 Å². The van der Waals surface area contributed by atoms with Crippen LogP contribution in [0.25, 0.3) is 22.0 Å². The molecular weight excluding hydrogens is 368 g/mol. The molecule has 3 aromatic rings. The molecule has 0 spiro atoms. The number of Topliss-reactive ketones (excluding diaryl/α,β-unsaturated/α-hetero) is 1. The first-order valence-electron chi connectivity index (χ1n) is 9.88. The molecule has 1 saturated carbocycles. The average Bonchev–Trinajstić information content (AvgIpc) is 3.19. The lowest BCUT2D eigenvalue weighted by Crippen LogP contribution is -2.27. The van der Waals surface area contributed by atoms with Crippen LogP contribution in [0.1, 0.15) is 31.5 Å². The number of aromatic nitrogens is 4. The molecular formula is C22H24N4O3. The number of methoxy groups -OCH3 is 1. The Kier molecular flexibility index (Phi) is 5.38. The van der Waals surface area contributed by atoms with E-state index in [0.29, 0.717) is 18.7 Å². The summed E-state index contributed by atoms with van der Waals surface area (Å²) < 4.78 is 6.58. The first kappa shape index (κ1) is 19.2. The smallest absolute Gasteiger partial charge is 0.308 e. The first-order chi connectivity index (χ1) is 14.0. The SMILES string of the molecule is COC(=O)C1CCC(C(=O)Cc2ncc3ccc(-c4cnn(C)c4)cc3n2)CC1. The zero-order valence-electron chi connectivity index (χ0n) is 16.7. The van der Waals surface area contributed by atoms with Crippen LogP contribution < -0.4 is 0 Å². The van der Waals surface area contributed by atoms with Gasteiger partial charge >= 0.3 is 5.97 Å². The van der Waals surface area contributed by atoms with Crippen LogP contribution in [-0.2, 0) is 27.8 Å². The maximum atomic E-state index is 12.7. The summed E-state index contributed by atoms with van der Waals surface area (Å²) in [6.45, 7) is 0. The van der Waals surface area contributed by atoms with Crippen molar-refractivity contribution in [2.75, 3.05) is 7.11 Å². The summed E-state index contributed by atoms with van der Waals surface area (Å²) in [6.07, 6.45) is 8.61. The minimum absolute atomic E-state index is 0.0306. The van der Waals surface area contributed by atoms with Crippen molar-refractivity contribution in [3.63, 3.8) is 0 Å². The molecule has 150 valence electrons. The molecule has 1 aliphatic carbocycles. The number of hydrogen-bond acceptors (Lipinski definition) is 6. The minimum Gasteiger partial charge on any atom is -0.469 e. The Balaban J connectivity index is 1.46. The largest absolute Gasteiger partial charge is 0.469 e. The van der Waals surface area contributed by atoms with Gasteiger partial charge in [0.25, 0.3) is 0 Å². The van der Waals surface area contributed by atoms with Crippen LogP contribution in [0.3, 0.4) is 0 Å². The topological polar surface area (TPSA) is 87.0 Å². The Morgan fingerprint density at radius 3 is 2.55 bits per heavy atom. The summed E-state index contributed by atoms with van der Waals surface area (Å²) in [5, 5.41) is 5.15. The molecule has 2 aromatic heterocycles. The number of fused-ring (bicyclic) bond motifs is 1. The van der Waals surface area contributed by atoms with Gasteiger partial charge in [0.2, 0.25) is 0 Å². The second-order valence-corrected chi connectivity index (χ2v) is 7.68. The van der Waals surface area contributed by atoms with Crippen molar-refractivity contribution < 1.29 is 14.3 Å². The van der Waals surface area contributed by atoms with Gasteiger partial charge in [-0.2, -0.15) is 5.10 Å². The normalized spacial score (nSPS) is 19.2. The van der Waals surface area contributed by atoms with Crippen molar-refractivity contribution in [1.29, 1.82) is 0 Å². The Morgan fingerprint density at radius 2 is 1.86 bits per heavy atom. The first-order valence-corrected chi connectivity index (χ1v) is 9.88. The summed E-state index contributed by atoms with van der Waals surface area (Å²) in [5.74, 6) is 0.416. The van der Waals surface area contributed by atoms with Crippen molar-refractivity contribution in [2.45, 2.75) is 32.1 Å². The summed E-state index contributed by atoms with van der Waals surface area (Å²) in [5.41, 5.74) is 2.87. The fourth-order valence-corrected chi connectivity index (χ4v) is 4.01. The van der Waals surface area contributed by atoms with Crippen molar-refractivity contribution in [3.8, 4) is 11.1 Å². The maximum absolute atomic E-state index is 12.7. The molecule has 2 heterocycles. The predicted molar refractivity (Wildman–Crippen MR) is 108 cm³/mol. The predicted octanol–water partition coefficient (Wildman–Crippen LogP) is 3.12. The Labute approximate surface area is 169 Å². The summed E-state index contributed by atoms with van der Waals surface area (Å²) >= 11 is 0. The number of carbonyl (C=O) groups is 2. The second-order valence-electron chi connectivity index (χ2n) is 7.68. The zero-order chi connectivity index (χ0) is 20.4. The van der Waals surface area contributed by atoms with Gasteiger partial charge in [0, 0.05) is 36.3 Å². The molecule has 4 rings (SSSR count). The highest BCUT2D eigenvalue weighted by Crippen LogP contribution is 2.31. The molecule has 0 atom stereocenters. The van der Waals surface area contributed by atoms with Gasteiger partial charge in [-0.3, -0.25) is 14.3 Å². The number of benzene rings is 1. The van der Waals surface area contributed by atoms with E-state index in [1.807, 2.05) is 37.6 Å². The third-order valence-electron chi connectivity index (χ3n) is 5.72. The van der Waals surface area contributed by atoms with Crippen molar-refractivity contribution in [2.24, 2.45) is 18.9 Å². The number of esters is 1. The zero-order valence-corrected chi connectivity index (χ0v) is 16.7. The highest BCUT2D eigenvalue weighted by atomic mass is 16.5. The van der Waals surface area contributed by atoms with Crippen LogP contribution in [0.5, 0.6) is 0 Å². The van der Waals surface area contributed by atoms with Crippen molar-refractivity contribution >= 4 is 22.7 Å². The van der Waals surface area contributed by atoms with Gasteiger partial charge in [-0.05, 0) is 37.3 Å². The molecule has 0 N–H and O–H groups in total. The molecule has 1 fully saturated rings. The molecule has 0 unspecified atom stereocenters. The van der Waals surface area contributed by atoms with Gasteiger partial charge in [-0.25, -0.2) is 9.97 Å². The summed E-state index contributed by atoms with van der Waals surface area (Å²) in [6, 6.07) is 6.01. The van der Waals surface area contributed by atoms with E-state index in [1.54, 1.807) is 10.9 Å². The third kappa shape index (κ3) is 4.18. The van der Waals surface area contributed by atoms with Gasteiger partial charge in [-0.1, -0.05) is 12.1 Å². The molecule has 29 heavy (non-hydrogen) atoms. The van der Waals surface area contributed by atoms with E-state index in [9.17, 15) is 9.59 Å². The van der Waals surface area contributed by atoms with Gasteiger partial charge in [-0.15, -0.1) is 0 Å². The average molecular weight is 392 g/mol. The molecule has 7 heteroatoms. The van der Waals surface area contributed by atoms with E-state index in [0.717, 1.165) is 34.9 Å². The van der Waals surface area contributed by atoms with Crippen molar-refractivity contribution in [1.82, 2.24) is 19.7 Å². The standard InChI is InChI=1S/C22H24N4O3/c1-26-13-18(12-24-26)16-7-8-17-11-23-21(25-19(17)9-16)10-20(27)14-3-5-15(6-4-14)22(28)29-2/h7-9,11-15H,3-6,10H2,1-2H3. The molecule has 0 radical (unpaired) electrons. The Bertz CT molecular complexity index is 1050. The quantitative estimate of drug-likeness (QED) is 0.620. The van der Waals surface area contributed by atoms with Gasteiger partial charge in [0.1, 0.15) is 11.6 Å². The highest BCUT2D eigenvalue weighted by Gasteiger charge is 2.30. The lowest BCUT2D eigenvalue weighted by Gasteiger charge is -2.25. The van der Waals surface area contributed by atoms with Crippen LogP contribution in [0, 0.1) is 11.8 Å². The fourth-order valence-electron chi connectivity index (χ4n) is 4.01. The van der Waals surface area contributed by atoms with Gasteiger partial charge in [0.15, 0.2) is 0 Å². The lowest BCUT2D eigenvalue weighted by atomic mass is 9.79. The number of ketones is 1. The van der Waals surface area contributed by atoms with E-state index >= 15 is 0 Å². The molecule has 0 aliphatic heterocycles. The van der Waals surface area contributed by atoms with Gasteiger partial charge in [0.05, 0.1) is 31.2 Å². The Hall–Kier alpha value is -3.09. The van der Waals surface area contributed by atoms with Crippen LogP contribution in [-0.4, -0.2) is 38.6 Å². The van der Waals surface area contributed by atoms with Crippen LogP contribution in [0.15, 0.2) is 36.8 Å². The summed E-state index contributed by atoms with van der Waals surface area (Å²) in [4.78, 5) is 33.4. The van der Waals surface area contributed by atoms with Crippen LogP contribution >= 0.6 is 0 Å². The molecule has 0 bridgehead atoms. The number of rotatable bonds is 5. The maximum Gasteiger partial charge on any atom is 0.308 e. The molecule has 1 aliphatic rings. The Morgan fingerprint density at radius 1 is 1.10 bits per heavy atom. The fraction of sp³-hybridized carbons (Fsp3) is 0.409. The molecule has 7 nitrogen and oxygen atoms in total. The van der Waals surface area contributed by atoms with E-state index in [4.69, 9.17) is 4.74 Å². The molecule has 0 saturated heterocycles. The van der Waals surface area contributed by atoms with E-state index in [2.05, 4.69) is 15.1 Å². The van der Waals surface area contributed by atoms with E-state index < -0.39 is 0 Å². The van der Waals surface area contributed by atoms with Crippen LogP contribution in [0.4, 0.5) is 0 Å². The number of aryl methyl sites for hydroxylation is 1. The van der Waals surface area contributed by atoms with Crippen LogP contribution in [0.2, 0.25) is 0 Å². The second kappa shape index (κ2) is 8.11. The van der Waals surface area contributed by atoms with Gasteiger partial charge < -0.3 is 4.74 Å². The number of hydrogen-bond donors (Lipinski definition) is 0. The van der Waals surface area contributed by atoms with E-state index in [1.165, 1.54) is 7.11 Å². The number of carbonyl (C=O) groups excluding carboxylic acids is 2. The monoisotopic (exact) mass is 392 g/mol. The molecule has 0 amide bonds. The summed E-state index contributed by atoms with van der Waals surface area (Å²) in [7, 11) is 3.30. The third-order valence-corrected chi connectivity index (χ3v) is 5.72. The van der Waals surface area contributed by atoms with E-state index in [-0.39, 0.29) is 30.0 Å². The lowest BCUT2D eigenvalue weighted by molar-refractivity contribution is -0.147. The highest BCUT2D eigenvalue weighted by molar-refractivity contribution is 5.85.